The maximum atomic E-state index is 12.2. The van der Waals surface area contributed by atoms with Crippen molar-refractivity contribution in [2.75, 3.05) is 0 Å². The van der Waals surface area contributed by atoms with Gasteiger partial charge in [-0.1, -0.05) is 42.0 Å². The molecular weight excluding hydrogens is 262 g/mol. The van der Waals surface area contributed by atoms with E-state index in [1.165, 1.54) is 5.56 Å². The molecular formula is C18H21NO2. The molecule has 2 rings (SSSR count). The van der Waals surface area contributed by atoms with Crippen molar-refractivity contribution in [3.8, 4) is 5.75 Å². The van der Waals surface area contributed by atoms with Crippen molar-refractivity contribution in [1.82, 2.24) is 5.32 Å². The highest BCUT2D eigenvalue weighted by Crippen LogP contribution is 2.18. The Balaban J connectivity index is 1.91. The number of phenolic OH excluding ortho intramolecular Hbond substituents is 1. The zero-order valence-corrected chi connectivity index (χ0v) is 12.5. The van der Waals surface area contributed by atoms with Gasteiger partial charge in [-0.3, -0.25) is 4.79 Å². The van der Waals surface area contributed by atoms with Gasteiger partial charge in [0.05, 0.1) is 5.56 Å². The fourth-order valence-electron chi connectivity index (χ4n) is 2.23. The van der Waals surface area contributed by atoms with Crippen LogP contribution in [-0.4, -0.2) is 17.1 Å². The Labute approximate surface area is 125 Å². The van der Waals surface area contributed by atoms with Gasteiger partial charge in [0.25, 0.3) is 5.91 Å². The van der Waals surface area contributed by atoms with E-state index in [4.69, 9.17) is 0 Å². The zero-order chi connectivity index (χ0) is 15.2. The van der Waals surface area contributed by atoms with E-state index in [2.05, 4.69) is 17.4 Å². The van der Waals surface area contributed by atoms with Gasteiger partial charge in [-0.2, -0.15) is 0 Å². The molecule has 0 fully saturated rings. The molecule has 0 aromatic heterocycles. The number of rotatable bonds is 5. The summed E-state index contributed by atoms with van der Waals surface area (Å²) < 4.78 is 0. The third kappa shape index (κ3) is 4.35. The number of carbonyl (C=O) groups excluding carboxylic acids is 1. The van der Waals surface area contributed by atoms with Gasteiger partial charge in [0.2, 0.25) is 0 Å². The van der Waals surface area contributed by atoms with E-state index in [0.29, 0.717) is 5.56 Å². The highest BCUT2D eigenvalue weighted by atomic mass is 16.3. The number of aryl methyl sites for hydroxylation is 2. The van der Waals surface area contributed by atoms with E-state index < -0.39 is 0 Å². The molecule has 1 amide bonds. The van der Waals surface area contributed by atoms with E-state index in [0.717, 1.165) is 18.4 Å². The van der Waals surface area contributed by atoms with Crippen LogP contribution in [0.2, 0.25) is 0 Å². The normalized spacial score (nSPS) is 11.9. The first-order chi connectivity index (χ1) is 10.1. The highest BCUT2D eigenvalue weighted by molar-refractivity contribution is 5.97. The van der Waals surface area contributed by atoms with Crippen molar-refractivity contribution < 1.29 is 9.90 Å². The van der Waals surface area contributed by atoms with Gasteiger partial charge in [0, 0.05) is 6.04 Å². The summed E-state index contributed by atoms with van der Waals surface area (Å²) in [4.78, 5) is 12.2. The Morgan fingerprint density at radius 1 is 1.19 bits per heavy atom. The van der Waals surface area contributed by atoms with Gasteiger partial charge in [-0.25, -0.2) is 0 Å². The second kappa shape index (κ2) is 6.93. The van der Waals surface area contributed by atoms with Crippen molar-refractivity contribution in [1.29, 1.82) is 0 Å². The lowest BCUT2D eigenvalue weighted by Gasteiger charge is -2.15. The van der Waals surface area contributed by atoms with Crippen LogP contribution in [0.5, 0.6) is 5.75 Å². The van der Waals surface area contributed by atoms with E-state index in [-0.39, 0.29) is 17.7 Å². The first-order valence-electron chi connectivity index (χ1n) is 7.20. The Morgan fingerprint density at radius 3 is 2.62 bits per heavy atom. The number of hydrogen-bond acceptors (Lipinski definition) is 2. The maximum absolute atomic E-state index is 12.2. The average Bonchev–Trinajstić information content (AvgIpc) is 2.48. The molecule has 2 aromatic carbocycles. The van der Waals surface area contributed by atoms with Crippen LogP contribution in [0.1, 0.15) is 34.8 Å². The lowest BCUT2D eigenvalue weighted by Crippen LogP contribution is -2.33. The Hall–Kier alpha value is -2.29. The molecule has 0 aliphatic rings. The van der Waals surface area contributed by atoms with Crippen molar-refractivity contribution in [2.45, 2.75) is 32.7 Å². The molecule has 3 heteroatoms. The minimum absolute atomic E-state index is 0.0216. The number of hydrogen-bond donors (Lipinski definition) is 2. The first-order valence-corrected chi connectivity index (χ1v) is 7.20. The molecule has 21 heavy (non-hydrogen) atoms. The van der Waals surface area contributed by atoms with Crippen LogP contribution in [0.25, 0.3) is 0 Å². The quantitative estimate of drug-likeness (QED) is 0.883. The summed E-state index contributed by atoms with van der Waals surface area (Å²) in [6, 6.07) is 15.3. The molecule has 0 saturated heterocycles. The summed E-state index contributed by atoms with van der Waals surface area (Å²) in [6.07, 6.45) is 1.78. The smallest absolute Gasteiger partial charge is 0.255 e. The van der Waals surface area contributed by atoms with Gasteiger partial charge >= 0.3 is 0 Å². The largest absolute Gasteiger partial charge is 0.507 e. The lowest BCUT2D eigenvalue weighted by molar-refractivity contribution is 0.0935. The van der Waals surface area contributed by atoms with Crippen LogP contribution < -0.4 is 5.32 Å². The van der Waals surface area contributed by atoms with Crippen LogP contribution in [0, 0.1) is 6.92 Å². The predicted octanol–water partition coefficient (Wildman–Crippen LogP) is 3.45. The minimum atomic E-state index is -0.225. The van der Waals surface area contributed by atoms with Crippen molar-refractivity contribution in [3.63, 3.8) is 0 Å². The Kier molecular flexibility index (Phi) is 4.99. The van der Waals surface area contributed by atoms with Crippen LogP contribution in [0.3, 0.4) is 0 Å². The first kappa shape index (κ1) is 15.1. The number of phenols is 1. The average molecular weight is 283 g/mol. The van der Waals surface area contributed by atoms with Crippen molar-refractivity contribution in [2.24, 2.45) is 0 Å². The van der Waals surface area contributed by atoms with E-state index in [1.54, 1.807) is 18.2 Å². The third-order valence-corrected chi connectivity index (χ3v) is 3.48. The molecule has 2 aromatic rings. The zero-order valence-electron chi connectivity index (χ0n) is 12.5. The predicted molar refractivity (Wildman–Crippen MR) is 84.5 cm³/mol. The van der Waals surface area contributed by atoms with Gasteiger partial charge in [-0.05, 0) is 44.4 Å². The van der Waals surface area contributed by atoms with Gasteiger partial charge < -0.3 is 10.4 Å². The molecule has 0 heterocycles. The second-order valence-corrected chi connectivity index (χ2v) is 5.42. The SMILES string of the molecule is Cc1ccc(O)c(C(=O)NC(C)CCc2ccccc2)c1. The van der Waals surface area contributed by atoms with Crippen molar-refractivity contribution in [3.05, 3.63) is 65.2 Å². The number of carbonyl (C=O) groups is 1. The Morgan fingerprint density at radius 2 is 1.90 bits per heavy atom. The van der Waals surface area contributed by atoms with Crippen LogP contribution in [-0.2, 0) is 6.42 Å². The Bertz CT molecular complexity index is 608. The molecule has 110 valence electrons. The second-order valence-electron chi connectivity index (χ2n) is 5.42. The number of aromatic hydroxyl groups is 1. The summed E-state index contributed by atoms with van der Waals surface area (Å²) in [7, 11) is 0. The lowest BCUT2D eigenvalue weighted by atomic mass is 10.1. The number of benzene rings is 2. The molecule has 1 unspecified atom stereocenters. The summed E-state index contributed by atoms with van der Waals surface area (Å²) >= 11 is 0. The fraction of sp³-hybridized carbons (Fsp3) is 0.278. The molecule has 0 saturated carbocycles. The van der Waals surface area contributed by atoms with E-state index in [1.807, 2.05) is 32.0 Å². The maximum Gasteiger partial charge on any atom is 0.255 e. The van der Waals surface area contributed by atoms with Gasteiger partial charge in [-0.15, -0.1) is 0 Å². The number of amides is 1. The van der Waals surface area contributed by atoms with E-state index in [9.17, 15) is 9.90 Å². The summed E-state index contributed by atoms with van der Waals surface area (Å²) in [5.74, 6) is -0.204. The minimum Gasteiger partial charge on any atom is -0.507 e. The van der Waals surface area contributed by atoms with Crippen molar-refractivity contribution >= 4 is 5.91 Å². The number of nitrogens with one attached hydrogen (secondary N) is 1. The molecule has 0 aliphatic heterocycles. The highest BCUT2D eigenvalue weighted by Gasteiger charge is 2.13. The molecule has 2 N–H and O–H groups in total. The van der Waals surface area contributed by atoms with Gasteiger partial charge in [0.15, 0.2) is 0 Å². The summed E-state index contributed by atoms with van der Waals surface area (Å²) in [5.41, 5.74) is 2.55. The van der Waals surface area contributed by atoms with Crippen LogP contribution in [0.15, 0.2) is 48.5 Å². The molecule has 0 aliphatic carbocycles. The molecule has 3 nitrogen and oxygen atoms in total. The molecule has 0 spiro atoms. The van der Waals surface area contributed by atoms with Crippen LogP contribution >= 0.6 is 0 Å². The monoisotopic (exact) mass is 283 g/mol. The third-order valence-electron chi connectivity index (χ3n) is 3.48. The topological polar surface area (TPSA) is 49.3 Å². The standard InChI is InChI=1S/C18H21NO2/c1-13-8-11-17(20)16(12-13)18(21)19-14(2)9-10-15-6-4-3-5-7-15/h3-8,11-12,14,20H,9-10H2,1-2H3,(H,19,21). The molecule has 1 atom stereocenters. The van der Waals surface area contributed by atoms with Gasteiger partial charge in [0.1, 0.15) is 5.75 Å². The molecule has 0 bridgehead atoms. The molecule has 0 radical (unpaired) electrons. The van der Waals surface area contributed by atoms with E-state index >= 15 is 0 Å². The fourth-order valence-corrected chi connectivity index (χ4v) is 2.23. The summed E-state index contributed by atoms with van der Waals surface area (Å²) in [6.45, 7) is 3.88. The summed E-state index contributed by atoms with van der Waals surface area (Å²) in [5, 5.41) is 12.7. The van der Waals surface area contributed by atoms with Crippen LogP contribution in [0.4, 0.5) is 0 Å².